The summed E-state index contributed by atoms with van der Waals surface area (Å²) in [5, 5.41) is 6.05. The molecule has 2 N–H and O–H groups in total. The highest BCUT2D eigenvalue weighted by atomic mass is 16.5. The Morgan fingerprint density at radius 1 is 1.00 bits per heavy atom. The van der Waals surface area contributed by atoms with Crippen LogP contribution in [0.15, 0.2) is 48.5 Å². The molecular weight excluding hydrogens is 264 g/mol. The van der Waals surface area contributed by atoms with Gasteiger partial charge < -0.3 is 10.1 Å². The van der Waals surface area contributed by atoms with Gasteiger partial charge in [0.25, 0.3) is 0 Å². The first-order valence-electron chi connectivity index (χ1n) is 7.11. The van der Waals surface area contributed by atoms with E-state index in [0.29, 0.717) is 12.3 Å². The van der Waals surface area contributed by atoms with Gasteiger partial charge >= 0.3 is 6.09 Å². The first-order valence-corrected chi connectivity index (χ1v) is 7.11. The van der Waals surface area contributed by atoms with Gasteiger partial charge in [-0.2, -0.15) is 0 Å². The Morgan fingerprint density at radius 2 is 1.67 bits per heavy atom. The number of carbonyl (C=O) groups excluding carboxylic acids is 1. The average molecular weight is 284 g/mol. The Labute approximate surface area is 125 Å². The van der Waals surface area contributed by atoms with E-state index in [1.807, 2.05) is 36.4 Å². The van der Waals surface area contributed by atoms with Crippen LogP contribution >= 0.6 is 0 Å². The van der Waals surface area contributed by atoms with Crippen molar-refractivity contribution in [2.75, 3.05) is 17.2 Å². The molecule has 0 aromatic heterocycles. The van der Waals surface area contributed by atoms with Crippen molar-refractivity contribution in [3.05, 3.63) is 54.1 Å². The van der Waals surface area contributed by atoms with E-state index in [9.17, 15) is 4.79 Å². The Hall–Kier alpha value is -2.49. The van der Waals surface area contributed by atoms with Gasteiger partial charge in [0.15, 0.2) is 0 Å². The number of aryl methyl sites for hydroxylation is 1. The van der Waals surface area contributed by atoms with Crippen LogP contribution in [0.5, 0.6) is 0 Å². The van der Waals surface area contributed by atoms with Gasteiger partial charge in [0.1, 0.15) is 0 Å². The number of benzene rings is 2. The Morgan fingerprint density at radius 3 is 2.33 bits per heavy atom. The molecule has 0 radical (unpaired) electrons. The van der Waals surface area contributed by atoms with Crippen LogP contribution in [0.2, 0.25) is 0 Å². The Kier molecular flexibility index (Phi) is 5.21. The van der Waals surface area contributed by atoms with E-state index >= 15 is 0 Å². The zero-order chi connectivity index (χ0) is 15.1. The summed E-state index contributed by atoms with van der Waals surface area (Å²) in [6.07, 6.45) is 0.542. The highest BCUT2D eigenvalue weighted by Gasteiger charge is 2.03. The zero-order valence-corrected chi connectivity index (χ0v) is 12.3. The molecule has 0 fully saturated rings. The van der Waals surface area contributed by atoms with Crippen LogP contribution in [0.4, 0.5) is 21.9 Å². The summed E-state index contributed by atoms with van der Waals surface area (Å²) in [7, 11) is 0. The molecule has 0 saturated heterocycles. The molecule has 0 bridgehead atoms. The van der Waals surface area contributed by atoms with Crippen molar-refractivity contribution >= 4 is 23.2 Å². The summed E-state index contributed by atoms with van der Waals surface area (Å²) < 4.78 is 4.84. The Balaban J connectivity index is 2.04. The number of amides is 1. The molecule has 2 aromatic carbocycles. The smallest absolute Gasteiger partial charge is 0.411 e. The highest BCUT2D eigenvalue weighted by Crippen LogP contribution is 2.22. The molecule has 0 unspecified atom stereocenters. The van der Waals surface area contributed by atoms with Gasteiger partial charge in [0.05, 0.1) is 6.61 Å². The molecule has 0 heterocycles. The number of ether oxygens (including phenoxy) is 1. The molecule has 4 nitrogen and oxygen atoms in total. The van der Waals surface area contributed by atoms with E-state index in [4.69, 9.17) is 4.74 Å². The van der Waals surface area contributed by atoms with E-state index in [0.717, 1.165) is 17.8 Å². The van der Waals surface area contributed by atoms with Crippen molar-refractivity contribution in [1.82, 2.24) is 0 Å². The van der Waals surface area contributed by atoms with E-state index < -0.39 is 6.09 Å². The van der Waals surface area contributed by atoms with Crippen LogP contribution in [0.3, 0.4) is 0 Å². The SMILES string of the molecule is CCOC(=O)Nc1ccc(Nc2ccccc2CC)cc1. The fourth-order valence-electron chi connectivity index (χ4n) is 2.03. The maximum atomic E-state index is 11.3. The number of nitrogens with one attached hydrogen (secondary N) is 2. The Bertz CT molecular complexity index is 594. The number of anilines is 3. The quantitative estimate of drug-likeness (QED) is 0.846. The predicted octanol–water partition coefficient (Wildman–Crippen LogP) is 4.56. The second kappa shape index (κ2) is 7.33. The monoisotopic (exact) mass is 284 g/mol. The van der Waals surface area contributed by atoms with Gasteiger partial charge in [-0.25, -0.2) is 4.79 Å². The van der Waals surface area contributed by atoms with Crippen molar-refractivity contribution in [2.45, 2.75) is 20.3 Å². The van der Waals surface area contributed by atoms with E-state index in [-0.39, 0.29) is 0 Å². The molecule has 4 heteroatoms. The summed E-state index contributed by atoms with van der Waals surface area (Å²) >= 11 is 0. The minimum Gasteiger partial charge on any atom is -0.450 e. The molecule has 21 heavy (non-hydrogen) atoms. The largest absolute Gasteiger partial charge is 0.450 e. The summed E-state index contributed by atoms with van der Waals surface area (Å²) in [5.74, 6) is 0. The minimum atomic E-state index is -0.436. The molecule has 2 aromatic rings. The number of hydrogen-bond donors (Lipinski definition) is 2. The summed E-state index contributed by atoms with van der Waals surface area (Å²) in [5.41, 5.74) is 4.06. The van der Waals surface area contributed by atoms with Crippen LogP contribution in [-0.2, 0) is 11.2 Å². The minimum absolute atomic E-state index is 0.360. The standard InChI is InChI=1S/C17H20N2O2/c1-3-13-7-5-6-8-16(13)18-14-9-11-15(12-10-14)19-17(20)21-4-2/h5-12,18H,3-4H2,1-2H3,(H,19,20). The van der Waals surface area contributed by atoms with Crippen LogP contribution in [0, 0.1) is 0 Å². The van der Waals surface area contributed by atoms with Crippen LogP contribution in [0.1, 0.15) is 19.4 Å². The summed E-state index contributed by atoms with van der Waals surface area (Å²) in [6.45, 7) is 4.27. The van der Waals surface area contributed by atoms with Gasteiger partial charge in [0.2, 0.25) is 0 Å². The van der Waals surface area contributed by atoms with Crippen molar-refractivity contribution in [2.24, 2.45) is 0 Å². The van der Waals surface area contributed by atoms with Crippen LogP contribution in [0.25, 0.3) is 0 Å². The van der Waals surface area contributed by atoms with Crippen molar-refractivity contribution in [3.8, 4) is 0 Å². The fraction of sp³-hybridized carbons (Fsp3) is 0.235. The van der Waals surface area contributed by atoms with Gasteiger partial charge in [-0.1, -0.05) is 25.1 Å². The molecule has 0 atom stereocenters. The lowest BCUT2D eigenvalue weighted by atomic mass is 10.1. The van der Waals surface area contributed by atoms with E-state index in [1.165, 1.54) is 5.56 Å². The summed E-state index contributed by atoms with van der Waals surface area (Å²) in [6, 6.07) is 15.8. The number of rotatable bonds is 5. The molecule has 0 aliphatic rings. The molecule has 0 aliphatic carbocycles. The predicted molar refractivity (Wildman–Crippen MR) is 86.2 cm³/mol. The first-order chi connectivity index (χ1) is 10.2. The molecule has 2 rings (SSSR count). The van der Waals surface area contributed by atoms with Crippen molar-refractivity contribution in [3.63, 3.8) is 0 Å². The lowest BCUT2D eigenvalue weighted by molar-refractivity contribution is 0.168. The maximum absolute atomic E-state index is 11.3. The first kappa shape index (κ1) is 14.9. The van der Waals surface area contributed by atoms with Gasteiger partial charge in [-0.05, 0) is 49.2 Å². The second-order valence-corrected chi connectivity index (χ2v) is 4.56. The van der Waals surface area contributed by atoms with Crippen LogP contribution < -0.4 is 10.6 Å². The van der Waals surface area contributed by atoms with Crippen LogP contribution in [-0.4, -0.2) is 12.7 Å². The van der Waals surface area contributed by atoms with Gasteiger partial charge in [-0.15, -0.1) is 0 Å². The van der Waals surface area contributed by atoms with Gasteiger partial charge in [-0.3, -0.25) is 5.32 Å². The second-order valence-electron chi connectivity index (χ2n) is 4.56. The topological polar surface area (TPSA) is 50.4 Å². The number of carbonyl (C=O) groups is 1. The number of hydrogen-bond acceptors (Lipinski definition) is 3. The van der Waals surface area contributed by atoms with Gasteiger partial charge in [0, 0.05) is 17.1 Å². The number of para-hydroxylation sites is 1. The van der Waals surface area contributed by atoms with Crippen molar-refractivity contribution < 1.29 is 9.53 Å². The highest BCUT2D eigenvalue weighted by molar-refractivity contribution is 5.85. The third kappa shape index (κ3) is 4.24. The third-order valence-electron chi connectivity index (χ3n) is 3.08. The normalized spacial score (nSPS) is 10.0. The molecule has 0 saturated carbocycles. The molecule has 110 valence electrons. The third-order valence-corrected chi connectivity index (χ3v) is 3.08. The lowest BCUT2D eigenvalue weighted by Crippen LogP contribution is -2.13. The molecule has 0 spiro atoms. The van der Waals surface area contributed by atoms with Crippen molar-refractivity contribution in [1.29, 1.82) is 0 Å². The molecule has 1 amide bonds. The zero-order valence-electron chi connectivity index (χ0n) is 12.3. The lowest BCUT2D eigenvalue weighted by Gasteiger charge is -2.11. The summed E-state index contributed by atoms with van der Waals surface area (Å²) in [4.78, 5) is 11.3. The molecular formula is C17H20N2O2. The molecule has 0 aliphatic heterocycles. The average Bonchev–Trinajstić information content (AvgIpc) is 2.50. The maximum Gasteiger partial charge on any atom is 0.411 e. The van der Waals surface area contributed by atoms with E-state index in [2.05, 4.69) is 29.7 Å². The fourth-order valence-corrected chi connectivity index (χ4v) is 2.03. The van der Waals surface area contributed by atoms with E-state index in [1.54, 1.807) is 6.92 Å².